The Balaban J connectivity index is 4.00. The van der Waals surface area contributed by atoms with Gasteiger partial charge in [0.15, 0.2) is 6.10 Å². The van der Waals surface area contributed by atoms with E-state index in [0.717, 1.165) is 38.5 Å². The van der Waals surface area contributed by atoms with Crippen LogP contribution in [0.5, 0.6) is 0 Å². The standard InChI is InChI=1S/C71H139NO8/c1-6-8-10-12-14-16-18-20-22-24-26-28-30-31-32-33-34-35-36-37-38-39-40-42-44-46-48-50-52-54-56-58-60-62-69(74)80-67(66-79-71(70(75)76)77-64-63-72(3,4)5)65-78-68(73)61-59-57-55-53-51-49-47-45-43-41-29-27-25-23-21-19-17-15-13-11-9-7-2/h67,71H,6-66H2,1-5H3/p+1. The fourth-order valence-electron chi connectivity index (χ4n) is 11.1. The fourth-order valence-corrected chi connectivity index (χ4v) is 11.1. The number of carboxylic acids is 1. The van der Waals surface area contributed by atoms with Crippen LogP contribution in [0.4, 0.5) is 0 Å². The van der Waals surface area contributed by atoms with Gasteiger partial charge in [-0.1, -0.05) is 354 Å². The van der Waals surface area contributed by atoms with Crippen molar-refractivity contribution in [3.63, 3.8) is 0 Å². The van der Waals surface area contributed by atoms with Gasteiger partial charge in [-0.2, -0.15) is 0 Å². The van der Waals surface area contributed by atoms with E-state index in [-0.39, 0.29) is 38.2 Å². The molecule has 0 aromatic heterocycles. The Bertz CT molecular complexity index is 1270. The lowest BCUT2D eigenvalue weighted by Crippen LogP contribution is -2.40. The van der Waals surface area contributed by atoms with Gasteiger partial charge in [0.1, 0.15) is 13.2 Å². The van der Waals surface area contributed by atoms with E-state index in [1.807, 2.05) is 21.1 Å². The summed E-state index contributed by atoms with van der Waals surface area (Å²) in [6.45, 7) is 4.97. The van der Waals surface area contributed by atoms with Gasteiger partial charge >= 0.3 is 17.9 Å². The summed E-state index contributed by atoms with van der Waals surface area (Å²) in [6.07, 6.45) is 72.3. The van der Waals surface area contributed by atoms with Crippen LogP contribution >= 0.6 is 0 Å². The molecule has 0 rings (SSSR count). The van der Waals surface area contributed by atoms with Gasteiger partial charge in [0, 0.05) is 12.8 Å². The maximum atomic E-state index is 12.9. The monoisotopic (exact) mass is 1140 g/mol. The van der Waals surface area contributed by atoms with Crippen LogP contribution in [-0.4, -0.2) is 87.4 Å². The Morgan fingerprint density at radius 3 is 0.800 bits per heavy atom. The van der Waals surface area contributed by atoms with E-state index in [9.17, 15) is 19.5 Å². The van der Waals surface area contributed by atoms with Gasteiger partial charge in [-0.3, -0.25) is 9.59 Å². The summed E-state index contributed by atoms with van der Waals surface area (Å²) >= 11 is 0. The lowest BCUT2D eigenvalue weighted by molar-refractivity contribution is -0.870. The molecule has 2 unspecified atom stereocenters. The minimum Gasteiger partial charge on any atom is -0.477 e. The molecule has 0 saturated carbocycles. The van der Waals surface area contributed by atoms with Gasteiger partial charge in [0.2, 0.25) is 0 Å². The van der Waals surface area contributed by atoms with Crippen LogP contribution in [0.25, 0.3) is 0 Å². The molecule has 0 aliphatic heterocycles. The van der Waals surface area contributed by atoms with Crippen LogP contribution in [-0.2, 0) is 33.3 Å². The number of nitrogens with zero attached hydrogens (tertiary/aromatic N) is 1. The number of carboxylic acid groups (broad SMARTS) is 1. The molecule has 0 saturated heterocycles. The van der Waals surface area contributed by atoms with Crippen molar-refractivity contribution in [1.82, 2.24) is 0 Å². The van der Waals surface area contributed by atoms with Gasteiger partial charge in [-0.05, 0) is 12.8 Å². The highest BCUT2D eigenvalue weighted by Crippen LogP contribution is 2.20. The molecule has 1 N–H and O–H groups in total. The van der Waals surface area contributed by atoms with Gasteiger partial charge < -0.3 is 28.5 Å². The largest absolute Gasteiger partial charge is 0.477 e. The maximum Gasteiger partial charge on any atom is 0.361 e. The number of ether oxygens (including phenoxy) is 4. The first-order valence-corrected chi connectivity index (χ1v) is 35.7. The molecule has 0 heterocycles. The number of carbonyl (C=O) groups is 3. The third-order valence-electron chi connectivity index (χ3n) is 16.6. The SMILES string of the molecule is CCCCCCCCCCCCCCCCCCCCCCCCCCCCCCCCCCCC(=O)OC(COC(=O)CCCCCCCCCCCCCCCCCCCCCCCC)COC(OCC[N+](C)(C)C)C(=O)O. The minimum atomic E-state index is -1.50. The number of aliphatic carboxylic acids is 1. The Morgan fingerprint density at radius 2 is 0.562 bits per heavy atom. The summed E-state index contributed by atoms with van der Waals surface area (Å²) in [6, 6.07) is 0. The molecule has 0 fully saturated rings. The quantitative estimate of drug-likeness (QED) is 0.0278. The van der Waals surface area contributed by atoms with Crippen molar-refractivity contribution in [2.45, 2.75) is 392 Å². The average Bonchev–Trinajstić information content (AvgIpc) is 3.43. The summed E-state index contributed by atoms with van der Waals surface area (Å²) < 4.78 is 23.0. The van der Waals surface area contributed by atoms with Crippen molar-refractivity contribution >= 4 is 17.9 Å². The van der Waals surface area contributed by atoms with Crippen molar-refractivity contribution in [2.24, 2.45) is 0 Å². The summed E-state index contributed by atoms with van der Waals surface area (Å²) in [5, 5.41) is 9.74. The van der Waals surface area contributed by atoms with E-state index >= 15 is 0 Å². The number of carbonyl (C=O) groups excluding carboxylic acids is 2. The molecule has 0 aliphatic carbocycles. The van der Waals surface area contributed by atoms with Gasteiger partial charge in [0.05, 0.1) is 34.4 Å². The Labute approximate surface area is 498 Å². The number of hydrogen-bond acceptors (Lipinski definition) is 7. The molecule has 9 nitrogen and oxygen atoms in total. The predicted octanol–water partition coefficient (Wildman–Crippen LogP) is 21.9. The smallest absolute Gasteiger partial charge is 0.361 e. The van der Waals surface area contributed by atoms with Crippen molar-refractivity contribution in [2.75, 3.05) is 47.5 Å². The molecular weight excluding hydrogens is 995 g/mol. The first-order chi connectivity index (χ1) is 39.1. The molecule has 0 bridgehead atoms. The second kappa shape index (κ2) is 63.3. The summed E-state index contributed by atoms with van der Waals surface area (Å²) in [4.78, 5) is 37.6. The minimum absolute atomic E-state index is 0.172. The normalized spacial score (nSPS) is 12.6. The molecule has 2 atom stereocenters. The first-order valence-electron chi connectivity index (χ1n) is 35.7. The zero-order valence-electron chi connectivity index (χ0n) is 54.5. The van der Waals surface area contributed by atoms with E-state index in [2.05, 4.69) is 13.8 Å². The molecule has 0 aromatic carbocycles. The van der Waals surface area contributed by atoms with Crippen LogP contribution in [0.1, 0.15) is 380 Å². The summed E-state index contributed by atoms with van der Waals surface area (Å²) in [5.74, 6) is -1.97. The van der Waals surface area contributed by atoms with Crippen LogP contribution in [0.3, 0.4) is 0 Å². The second-order valence-electron chi connectivity index (χ2n) is 25.9. The Morgan fingerprint density at radius 1 is 0.325 bits per heavy atom. The molecule has 0 spiro atoms. The van der Waals surface area contributed by atoms with E-state index in [1.165, 1.54) is 315 Å². The third-order valence-corrected chi connectivity index (χ3v) is 16.6. The second-order valence-corrected chi connectivity index (χ2v) is 25.9. The number of esters is 2. The zero-order chi connectivity index (χ0) is 58.3. The topological polar surface area (TPSA) is 108 Å². The zero-order valence-corrected chi connectivity index (χ0v) is 54.5. The first kappa shape index (κ1) is 78.3. The van der Waals surface area contributed by atoms with Crippen LogP contribution in [0.2, 0.25) is 0 Å². The van der Waals surface area contributed by atoms with Crippen LogP contribution < -0.4 is 0 Å². The maximum absolute atomic E-state index is 12.9. The van der Waals surface area contributed by atoms with Crippen molar-refractivity contribution in [3.05, 3.63) is 0 Å². The molecule has 0 aromatic rings. The number of rotatable bonds is 68. The summed E-state index contributed by atoms with van der Waals surface area (Å²) in [7, 11) is 6.00. The van der Waals surface area contributed by atoms with Crippen molar-refractivity contribution < 1.29 is 42.9 Å². The lowest BCUT2D eigenvalue weighted by atomic mass is 10.0. The highest BCUT2D eigenvalue weighted by atomic mass is 16.7. The molecule has 0 amide bonds. The molecule has 0 aliphatic rings. The van der Waals surface area contributed by atoms with Gasteiger partial charge in [-0.25, -0.2) is 4.79 Å². The Hall–Kier alpha value is -1.71. The molecule has 0 radical (unpaired) electrons. The Kier molecular flexibility index (Phi) is 62.0. The number of quaternary nitrogens is 1. The highest BCUT2D eigenvalue weighted by Gasteiger charge is 2.25. The van der Waals surface area contributed by atoms with Crippen LogP contribution in [0.15, 0.2) is 0 Å². The fraction of sp³-hybridized carbons (Fsp3) is 0.958. The average molecular weight is 1140 g/mol. The summed E-state index contributed by atoms with van der Waals surface area (Å²) in [5.41, 5.74) is 0. The molecule has 80 heavy (non-hydrogen) atoms. The molecular formula is C71H140NO8+. The third kappa shape index (κ3) is 63.9. The predicted molar refractivity (Wildman–Crippen MR) is 342 cm³/mol. The van der Waals surface area contributed by atoms with E-state index in [1.54, 1.807) is 0 Å². The number of hydrogen-bond donors (Lipinski definition) is 1. The van der Waals surface area contributed by atoms with E-state index in [4.69, 9.17) is 18.9 Å². The highest BCUT2D eigenvalue weighted by molar-refractivity contribution is 5.71. The number of unbranched alkanes of at least 4 members (excludes halogenated alkanes) is 53. The van der Waals surface area contributed by atoms with E-state index in [0.29, 0.717) is 17.4 Å². The van der Waals surface area contributed by atoms with Gasteiger partial charge in [-0.15, -0.1) is 0 Å². The van der Waals surface area contributed by atoms with Crippen molar-refractivity contribution in [3.8, 4) is 0 Å². The number of likely N-dealkylation sites (N-methyl/N-ethyl adjacent to an activating group) is 1. The van der Waals surface area contributed by atoms with Crippen LogP contribution in [0, 0.1) is 0 Å². The van der Waals surface area contributed by atoms with Crippen molar-refractivity contribution in [1.29, 1.82) is 0 Å². The molecule has 476 valence electrons. The molecule has 9 heteroatoms. The lowest BCUT2D eigenvalue weighted by Gasteiger charge is -2.25. The van der Waals surface area contributed by atoms with E-state index < -0.39 is 18.4 Å². The van der Waals surface area contributed by atoms with Gasteiger partial charge in [0.25, 0.3) is 6.29 Å².